The standard InChI is InChI=1S/C2H6O2Si/c1-5(3)2-4-5/h3H,2H2,1H3. The molecule has 0 aromatic heterocycles. The van der Waals surface area contributed by atoms with E-state index in [9.17, 15) is 0 Å². The maximum Gasteiger partial charge on any atom is 0.357 e. The SMILES string of the molecule is C[Si]1(O)CO1. The molecule has 0 bridgehead atoms. The Balaban J connectivity index is 2.38. The average molecular weight is 90.2 g/mol. The molecule has 1 fully saturated rings. The van der Waals surface area contributed by atoms with Crippen molar-refractivity contribution >= 4 is 8.56 Å². The lowest BCUT2D eigenvalue weighted by atomic mass is 11.7. The van der Waals surface area contributed by atoms with Crippen LogP contribution in [-0.4, -0.2) is 19.6 Å². The van der Waals surface area contributed by atoms with Crippen LogP contribution >= 0.6 is 0 Å². The van der Waals surface area contributed by atoms with Gasteiger partial charge in [0.15, 0.2) is 0 Å². The van der Waals surface area contributed by atoms with Gasteiger partial charge in [0.2, 0.25) is 0 Å². The van der Waals surface area contributed by atoms with Crippen LogP contribution in [0.25, 0.3) is 0 Å². The van der Waals surface area contributed by atoms with Gasteiger partial charge in [-0.05, 0) is 6.55 Å². The first-order valence-electron chi connectivity index (χ1n) is 1.57. The van der Waals surface area contributed by atoms with Gasteiger partial charge in [-0.25, -0.2) is 0 Å². The third-order valence-corrected chi connectivity index (χ3v) is 1.69. The van der Waals surface area contributed by atoms with E-state index in [-0.39, 0.29) is 0 Å². The summed E-state index contributed by atoms with van der Waals surface area (Å²) >= 11 is 0. The Kier molecular flexibility index (Phi) is 0.410. The van der Waals surface area contributed by atoms with Crippen molar-refractivity contribution in [2.75, 3.05) is 6.23 Å². The minimum atomic E-state index is -1.86. The molecule has 0 aromatic rings. The molecule has 1 atom stereocenters. The zero-order valence-electron chi connectivity index (χ0n) is 3.06. The molecular formula is C2H6O2Si. The molecule has 1 aliphatic heterocycles. The van der Waals surface area contributed by atoms with Crippen molar-refractivity contribution in [2.24, 2.45) is 0 Å². The van der Waals surface area contributed by atoms with E-state index in [4.69, 9.17) is 4.80 Å². The Labute approximate surface area is 31.6 Å². The lowest BCUT2D eigenvalue weighted by Gasteiger charge is -1.76. The molecular weight excluding hydrogens is 84.1 g/mol. The van der Waals surface area contributed by atoms with Gasteiger partial charge in [-0.15, -0.1) is 0 Å². The highest BCUT2D eigenvalue weighted by atomic mass is 28.4. The molecule has 1 saturated heterocycles. The van der Waals surface area contributed by atoms with Crippen LogP contribution in [0.1, 0.15) is 0 Å². The third kappa shape index (κ3) is 0.716. The van der Waals surface area contributed by atoms with E-state index in [0.717, 1.165) is 0 Å². The van der Waals surface area contributed by atoms with E-state index in [0.29, 0.717) is 6.23 Å². The molecule has 1 heterocycles. The van der Waals surface area contributed by atoms with Crippen molar-refractivity contribution in [2.45, 2.75) is 6.55 Å². The maximum atomic E-state index is 8.55. The molecule has 2 nitrogen and oxygen atoms in total. The highest BCUT2D eigenvalue weighted by Gasteiger charge is 2.41. The van der Waals surface area contributed by atoms with Crippen LogP contribution in [0.3, 0.4) is 0 Å². The van der Waals surface area contributed by atoms with Gasteiger partial charge in [0.25, 0.3) is 0 Å². The fourth-order valence-electron chi connectivity index (χ4n) is 0.104. The molecule has 0 spiro atoms. The first-order chi connectivity index (χ1) is 2.21. The van der Waals surface area contributed by atoms with Gasteiger partial charge in [-0.2, -0.15) is 0 Å². The van der Waals surface area contributed by atoms with Crippen LogP contribution in [0.5, 0.6) is 0 Å². The van der Waals surface area contributed by atoms with Crippen LogP contribution < -0.4 is 0 Å². The maximum absolute atomic E-state index is 8.55. The first-order valence-corrected chi connectivity index (χ1v) is 4.13. The second-order valence-electron chi connectivity index (χ2n) is 1.46. The molecule has 0 amide bonds. The van der Waals surface area contributed by atoms with Crippen LogP contribution in [0.4, 0.5) is 0 Å². The predicted molar refractivity (Wildman–Crippen MR) is 19.8 cm³/mol. The molecule has 1 unspecified atom stereocenters. The first kappa shape index (κ1) is 3.33. The van der Waals surface area contributed by atoms with E-state index in [2.05, 4.69) is 4.43 Å². The van der Waals surface area contributed by atoms with Crippen molar-refractivity contribution in [1.29, 1.82) is 0 Å². The molecule has 0 radical (unpaired) electrons. The second-order valence-corrected chi connectivity index (χ2v) is 4.39. The minimum Gasteiger partial charge on any atom is -0.409 e. The Hall–Kier alpha value is 0.137. The summed E-state index contributed by atoms with van der Waals surface area (Å²) in [5, 5.41) is 0. The molecule has 1 N–H and O–H groups in total. The zero-order chi connectivity index (χ0) is 3.91. The monoisotopic (exact) mass is 90.0 g/mol. The zero-order valence-corrected chi connectivity index (χ0v) is 4.06. The van der Waals surface area contributed by atoms with Gasteiger partial charge in [0.1, 0.15) is 0 Å². The van der Waals surface area contributed by atoms with E-state index >= 15 is 0 Å². The van der Waals surface area contributed by atoms with Crippen molar-refractivity contribution in [1.82, 2.24) is 0 Å². The summed E-state index contributed by atoms with van der Waals surface area (Å²) in [6.07, 6.45) is 0.646. The summed E-state index contributed by atoms with van der Waals surface area (Å²) in [5.41, 5.74) is 0. The Morgan fingerprint density at radius 2 is 2.20 bits per heavy atom. The Morgan fingerprint density at radius 1 is 2.00 bits per heavy atom. The van der Waals surface area contributed by atoms with Crippen molar-refractivity contribution in [3.05, 3.63) is 0 Å². The molecule has 5 heavy (non-hydrogen) atoms. The highest BCUT2D eigenvalue weighted by molar-refractivity contribution is 6.72. The van der Waals surface area contributed by atoms with Crippen LogP contribution in [-0.2, 0) is 4.43 Å². The molecule has 30 valence electrons. The fraction of sp³-hybridized carbons (Fsp3) is 1.00. The minimum absolute atomic E-state index is 0.646. The van der Waals surface area contributed by atoms with Gasteiger partial charge in [-0.3, -0.25) is 0 Å². The van der Waals surface area contributed by atoms with E-state index in [1.165, 1.54) is 0 Å². The predicted octanol–water partition coefficient (Wildman–Crippen LogP) is -0.380. The molecule has 1 rings (SSSR count). The normalized spacial score (nSPS) is 49.2. The third-order valence-electron chi connectivity index (χ3n) is 0.562. The fourth-order valence-corrected chi connectivity index (χ4v) is 0.940. The number of hydrogen-bond acceptors (Lipinski definition) is 2. The Morgan fingerprint density at radius 3 is 2.20 bits per heavy atom. The van der Waals surface area contributed by atoms with Crippen LogP contribution in [0, 0.1) is 0 Å². The molecule has 1 aliphatic rings. The highest BCUT2D eigenvalue weighted by Crippen LogP contribution is 2.13. The van der Waals surface area contributed by atoms with Crippen LogP contribution in [0.2, 0.25) is 6.55 Å². The smallest absolute Gasteiger partial charge is 0.357 e. The Bertz CT molecular complexity index is 45.6. The lowest BCUT2D eigenvalue weighted by molar-refractivity contribution is 0.460. The van der Waals surface area contributed by atoms with Gasteiger partial charge < -0.3 is 9.22 Å². The van der Waals surface area contributed by atoms with Crippen molar-refractivity contribution < 1.29 is 9.22 Å². The van der Waals surface area contributed by atoms with Gasteiger partial charge >= 0.3 is 8.56 Å². The summed E-state index contributed by atoms with van der Waals surface area (Å²) in [4.78, 5) is 8.55. The quantitative estimate of drug-likeness (QED) is 0.325. The number of hydrogen-bond donors (Lipinski definition) is 1. The molecule has 0 aromatic carbocycles. The average Bonchev–Trinajstić information content (AvgIpc) is 1.76. The van der Waals surface area contributed by atoms with Gasteiger partial charge in [-0.1, -0.05) is 0 Å². The topological polar surface area (TPSA) is 32.8 Å². The molecule has 0 saturated carbocycles. The number of rotatable bonds is 0. The summed E-state index contributed by atoms with van der Waals surface area (Å²) in [6, 6.07) is 0. The summed E-state index contributed by atoms with van der Waals surface area (Å²) in [5.74, 6) is 0. The molecule has 0 aliphatic carbocycles. The summed E-state index contributed by atoms with van der Waals surface area (Å²) < 4.78 is 4.59. The van der Waals surface area contributed by atoms with Crippen molar-refractivity contribution in [3.63, 3.8) is 0 Å². The van der Waals surface area contributed by atoms with E-state index in [1.54, 1.807) is 6.55 Å². The molecule has 3 heteroatoms. The van der Waals surface area contributed by atoms with E-state index in [1.807, 2.05) is 0 Å². The van der Waals surface area contributed by atoms with Crippen LogP contribution in [0.15, 0.2) is 0 Å². The van der Waals surface area contributed by atoms with E-state index < -0.39 is 8.56 Å². The second kappa shape index (κ2) is 0.615. The largest absolute Gasteiger partial charge is 0.409 e. The van der Waals surface area contributed by atoms with Gasteiger partial charge in [0, 0.05) is 0 Å². The van der Waals surface area contributed by atoms with Gasteiger partial charge in [0.05, 0.1) is 6.23 Å². The summed E-state index contributed by atoms with van der Waals surface area (Å²) in [6.45, 7) is 1.77. The summed E-state index contributed by atoms with van der Waals surface area (Å²) in [7, 11) is -1.86. The lowest BCUT2D eigenvalue weighted by Crippen LogP contribution is -2.06. The van der Waals surface area contributed by atoms with Crippen molar-refractivity contribution in [3.8, 4) is 0 Å².